The minimum Gasteiger partial charge on any atom is -0.399 e. The van der Waals surface area contributed by atoms with Gasteiger partial charge in [0, 0.05) is 11.4 Å². The molecule has 6 heteroatoms. The number of aliphatic hydroxyl groups is 4. The molecule has 1 aromatic rings. The molecule has 0 bridgehead atoms. The highest BCUT2D eigenvalue weighted by molar-refractivity contribution is 5.56. The van der Waals surface area contributed by atoms with E-state index < -0.39 is 24.3 Å². The third-order valence-corrected chi connectivity index (χ3v) is 3.42. The highest BCUT2D eigenvalue weighted by Crippen LogP contribution is 2.31. The van der Waals surface area contributed by atoms with Crippen molar-refractivity contribution in [2.75, 3.05) is 23.8 Å². The topological polar surface area (TPSA) is 110 Å². The van der Waals surface area contributed by atoms with Crippen LogP contribution in [0.15, 0.2) is 24.3 Å². The molecule has 0 amide bonds. The molecule has 6 N–H and O–H groups in total. The fourth-order valence-corrected chi connectivity index (χ4v) is 2.45. The van der Waals surface area contributed by atoms with E-state index in [4.69, 9.17) is 5.73 Å². The Morgan fingerprint density at radius 3 is 1.78 bits per heavy atom. The number of rotatable bonds is 3. The van der Waals surface area contributed by atoms with Crippen LogP contribution in [0.3, 0.4) is 0 Å². The predicted molar refractivity (Wildman–Crippen MR) is 67.1 cm³/mol. The first-order valence-corrected chi connectivity index (χ1v) is 5.82. The third kappa shape index (κ3) is 2.04. The van der Waals surface area contributed by atoms with Crippen LogP contribution in [0, 0.1) is 0 Å². The van der Waals surface area contributed by atoms with E-state index in [9.17, 15) is 20.4 Å². The van der Waals surface area contributed by atoms with Gasteiger partial charge >= 0.3 is 0 Å². The van der Waals surface area contributed by atoms with E-state index in [-0.39, 0.29) is 13.2 Å². The molecule has 0 aliphatic carbocycles. The van der Waals surface area contributed by atoms with Gasteiger partial charge in [-0.3, -0.25) is 0 Å². The summed E-state index contributed by atoms with van der Waals surface area (Å²) in [4.78, 5) is 1.63. The van der Waals surface area contributed by atoms with Gasteiger partial charge in [0.15, 0.2) is 0 Å². The zero-order chi connectivity index (χ0) is 13.3. The molecule has 0 radical (unpaired) electrons. The maximum Gasteiger partial charge on any atom is 0.104 e. The molecule has 100 valence electrons. The second-order valence-electron chi connectivity index (χ2n) is 4.48. The Balaban J connectivity index is 2.35. The lowest BCUT2D eigenvalue weighted by atomic mass is 10.1. The van der Waals surface area contributed by atoms with Crippen molar-refractivity contribution in [3.63, 3.8) is 0 Å². The van der Waals surface area contributed by atoms with Crippen molar-refractivity contribution in [3.8, 4) is 0 Å². The summed E-state index contributed by atoms with van der Waals surface area (Å²) in [5.74, 6) is 0. The maximum atomic E-state index is 9.86. The van der Waals surface area contributed by atoms with E-state index in [2.05, 4.69) is 0 Å². The van der Waals surface area contributed by atoms with Crippen LogP contribution in [0.1, 0.15) is 0 Å². The molecule has 0 aromatic heterocycles. The molecule has 1 heterocycles. The van der Waals surface area contributed by atoms with E-state index in [0.29, 0.717) is 11.4 Å². The van der Waals surface area contributed by atoms with E-state index in [1.54, 1.807) is 29.2 Å². The standard InChI is InChI=1S/C12H18N2O4/c13-7-1-3-8(4-2-7)14-9(5-15)11(17)12(18)10(14)6-16/h1-4,9-12,15-18H,5-6,13H2. The smallest absolute Gasteiger partial charge is 0.104 e. The summed E-state index contributed by atoms with van der Waals surface area (Å²) in [5, 5.41) is 38.4. The molecule has 1 aromatic carbocycles. The number of benzene rings is 1. The van der Waals surface area contributed by atoms with Crippen LogP contribution < -0.4 is 10.6 Å². The second-order valence-corrected chi connectivity index (χ2v) is 4.48. The molecule has 1 saturated heterocycles. The van der Waals surface area contributed by atoms with Gasteiger partial charge in [-0.1, -0.05) is 0 Å². The van der Waals surface area contributed by atoms with Gasteiger partial charge in [-0.2, -0.15) is 0 Å². The molecule has 4 unspecified atom stereocenters. The summed E-state index contributed by atoms with van der Waals surface area (Å²) in [6, 6.07) is 5.56. The van der Waals surface area contributed by atoms with E-state index in [1.165, 1.54) is 0 Å². The molecule has 0 saturated carbocycles. The van der Waals surface area contributed by atoms with Crippen LogP contribution in [-0.4, -0.2) is 57.9 Å². The van der Waals surface area contributed by atoms with Crippen molar-refractivity contribution in [2.24, 2.45) is 0 Å². The molecule has 1 aliphatic heterocycles. The highest BCUT2D eigenvalue weighted by atomic mass is 16.3. The molecular formula is C12H18N2O4. The van der Waals surface area contributed by atoms with Gasteiger partial charge in [0.25, 0.3) is 0 Å². The van der Waals surface area contributed by atoms with Crippen LogP contribution in [0.5, 0.6) is 0 Å². The molecule has 1 fully saturated rings. The third-order valence-electron chi connectivity index (χ3n) is 3.42. The van der Waals surface area contributed by atoms with Gasteiger partial charge in [-0.15, -0.1) is 0 Å². The quantitative estimate of drug-likeness (QED) is 0.421. The fraction of sp³-hybridized carbons (Fsp3) is 0.500. The lowest BCUT2D eigenvalue weighted by Gasteiger charge is -2.31. The highest BCUT2D eigenvalue weighted by Gasteiger charge is 2.46. The number of hydrogen-bond acceptors (Lipinski definition) is 6. The van der Waals surface area contributed by atoms with Crippen LogP contribution in [0.25, 0.3) is 0 Å². The predicted octanol–water partition coefficient (Wildman–Crippen LogP) is -1.47. The van der Waals surface area contributed by atoms with Crippen molar-refractivity contribution in [2.45, 2.75) is 24.3 Å². The average Bonchev–Trinajstić information content (AvgIpc) is 2.62. The molecule has 1 aliphatic rings. The van der Waals surface area contributed by atoms with Gasteiger partial charge in [0.1, 0.15) is 12.2 Å². The minimum absolute atomic E-state index is 0.306. The van der Waals surface area contributed by atoms with E-state index >= 15 is 0 Å². The number of nitrogens with zero attached hydrogens (tertiary/aromatic N) is 1. The first-order valence-electron chi connectivity index (χ1n) is 5.82. The summed E-state index contributed by atoms with van der Waals surface area (Å²) >= 11 is 0. The largest absolute Gasteiger partial charge is 0.399 e. The summed E-state index contributed by atoms with van der Waals surface area (Å²) in [6.45, 7) is -0.613. The zero-order valence-corrected chi connectivity index (χ0v) is 9.85. The number of nitrogens with two attached hydrogens (primary N) is 1. The SMILES string of the molecule is Nc1ccc(N2C(CO)C(O)C(O)C2CO)cc1. The average molecular weight is 254 g/mol. The Morgan fingerprint density at radius 1 is 0.944 bits per heavy atom. The van der Waals surface area contributed by atoms with Crippen LogP contribution in [0.2, 0.25) is 0 Å². The fourth-order valence-electron chi connectivity index (χ4n) is 2.45. The van der Waals surface area contributed by atoms with Crippen molar-refractivity contribution in [1.29, 1.82) is 0 Å². The monoisotopic (exact) mass is 254 g/mol. The number of hydrogen-bond donors (Lipinski definition) is 5. The van der Waals surface area contributed by atoms with Gasteiger partial charge < -0.3 is 31.1 Å². The van der Waals surface area contributed by atoms with Gasteiger partial charge in [-0.25, -0.2) is 0 Å². The Labute approximate surface area is 105 Å². The second kappa shape index (κ2) is 5.11. The van der Waals surface area contributed by atoms with Gasteiger partial charge in [-0.05, 0) is 24.3 Å². The molecule has 0 spiro atoms. The van der Waals surface area contributed by atoms with E-state index in [0.717, 1.165) is 0 Å². The summed E-state index contributed by atoms with van der Waals surface area (Å²) < 4.78 is 0. The Bertz CT molecular complexity index is 382. The molecule has 2 rings (SSSR count). The lowest BCUT2D eigenvalue weighted by molar-refractivity contribution is 0.0130. The first kappa shape index (κ1) is 13.1. The number of nitrogen functional groups attached to an aromatic ring is 1. The summed E-state index contributed by atoms with van der Waals surface area (Å²) in [7, 11) is 0. The minimum atomic E-state index is -1.09. The van der Waals surface area contributed by atoms with E-state index in [1.807, 2.05) is 0 Å². The maximum absolute atomic E-state index is 9.86. The van der Waals surface area contributed by atoms with Crippen molar-refractivity contribution in [1.82, 2.24) is 0 Å². The summed E-state index contributed by atoms with van der Waals surface area (Å²) in [5.41, 5.74) is 6.89. The normalized spacial score (nSPS) is 31.9. The molecule has 18 heavy (non-hydrogen) atoms. The lowest BCUT2D eigenvalue weighted by Crippen LogP contribution is -2.43. The first-order chi connectivity index (χ1) is 8.60. The van der Waals surface area contributed by atoms with Crippen LogP contribution in [0.4, 0.5) is 11.4 Å². The van der Waals surface area contributed by atoms with Gasteiger partial charge in [0.05, 0.1) is 25.3 Å². The van der Waals surface area contributed by atoms with Crippen molar-refractivity contribution >= 4 is 11.4 Å². The Hall–Kier alpha value is -1.34. The number of anilines is 2. The van der Waals surface area contributed by atoms with Crippen molar-refractivity contribution in [3.05, 3.63) is 24.3 Å². The summed E-state index contributed by atoms with van der Waals surface area (Å²) in [6.07, 6.45) is -2.19. The van der Waals surface area contributed by atoms with Crippen LogP contribution in [-0.2, 0) is 0 Å². The van der Waals surface area contributed by atoms with Crippen molar-refractivity contribution < 1.29 is 20.4 Å². The Kier molecular flexibility index (Phi) is 3.72. The zero-order valence-electron chi connectivity index (χ0n) is 9.85. The van der Waals surface area contributed by atoms with Gasteiger partial charge in [0.2, 0.25) is 0 Å². The molecule has 4 atom stereocenters. The molecular weight excluding hydrogens is 236 g/mol. The Morgan fingerprint density at radius 2 is 1.39 bits per heavy atom. The molecule has 6 nitrogen and oxygen atoms in total. The van der Waals surface area contributed by atoms with Crippen LogP contribution >= 0.6 is 0 Å². The number of aliphatic hydroxyl groups excluding tert-OH is 4.